The molecule has 1 rings (SSSR count). The molecule has 0 saturated carbocycles. The van der Waals surface area contributed by atoms with Crippen molar-refractivity contribution in [2.24, 2.45) is 0 Å². The van der Waals surface area contributed by atoms with E-state index in [-0.39, 0.29) is 11.9 Å². The first kappa shape index (κ1) is 16.7. The first-order valence-electron chi connectivity index (χ1n) is 7.56. The normalized spacial score (nSPS) is 12.4. The van der Waals surface area contributed by atoms with Crippen LogP contribution in [0.3, 0.4) is 0 Å². The summed E-state index contributed by atoms with van der Waals surface area (Å²) in [6.07, 6.45) is 2.38. The second kappa shape index (κ2) is 8.75. The van der Waals surface area contributed by atoms with Gasteiger partial charge in [0, 0.05) is 18.5 Å². The average Bonchev–Trinajstić information content (AvgIpc) is 2.37. The number of hydrogen-bond donors (Lipinski definition) is 2. The molecule has 3 heteroatoms. The zero-order valence-electron chi connectivity index (χ0n) is 13.2. The van der Waals surface area contributed by atoms with E-state index in [2.05, 4.69) is 56.5 Å². The number of carbonyl (C=O) groups excluding carboxylic acids is 1. The second-order valence-electron chi connectivity index (χ2n) is 5.81. The fraction of sp³-hybridized carbons (Fsp3) is 0.588. The van der Waals surface area contributed by atoms with E-state index in [4.69, 9.17) is 0 Å². The fourth-order valence-corrected chi connectivity index (χ4v) is 2.21. The van der Waals surface area contributed by atoms with Crippen LogP contribution >= 0.6 is 0 Å². The summed E-state index contributed by atoms with van der Waals surface area (Å²) in [5, 5.41) is 6.40. The van der Waals surface area contributed by atoms with Crippen molar-refractivity contribution in [3.8, 4) is 0 Å². The number of nitrogens with one attached hydrogen (secondary N) is 2. The predicted octanol–water partition coefficient (Wildman–Crippen LogP) is 2.82. The van der Waals surface area contributed by atoms with E-state index in [1.165, 1.54) is 11.1 Å². The second-order valence-corrected chi connectivity index (χ2v) is 5.81. The smallest absolute Gasteiger partial charge is 0.220 e. The maximum absolute atomic E-state index is 11.8. The van der Waals surface area contributed by atoms with Gasteiger partial charge in [0.1, 0.15) is 0 Å². The summed E-state index contributed by atoms with van der Waals surface area (Å²) in [5.74, 6) is 0.150. The minimum absolute atomic E-state index is 0.150. The summed E-state index contributed by atoms with van der Waals surface area (Å²) in [7, 11) is 0. The van der Waals surface area contributed by atoms with Crippen LogP contribution in [0.2, 0.25) is 0 Å². The molecule has 0 spiro atoms. The molecule has 20 heavy (non-hydrogen) atoms. The molecule has 2 N–H and O–H groups in total. The van der Waals surface area contributed by atoms with E-state index >= 15 is 0 Å². The van der Waals surface area contributed by atoms with Crippen LogP contribution in [-0.4, -0.2) is 24.5 Å². The molecule has 1 aromatic rings. The van der Waals surface area contributed by atoms with Gasteiger partial charge in [-0.05, 0) is 44.4 Å². The lowest BCUT2D eigenvalue weighted by Crippen LogP contribution is -2.34. The van der Waals surface area contributed by atoms with Gasteiger partial charge in [0.2, 0.25) is 5.91 Å². The molecule has 0 bridgehead atoms. The Hall–Kier alpha value is -1.35. The van der Waals surface area contributed by atoms with E-state index in [1.807, 2.05) is 6.07 Å². The van der Waals surface area contributed by atoms with Gasteiger partial charge in [-0.25, -0.2) is 0 Å². The molecule has 0 radical (unpaired) electrons. The molecule has 0 aliphatic heterocycles. The zero-order valence-corrected chi connectivity index (χ0v) is 13.2. The zero-order chi connectivity index (χ0) is 15.0. The third-order valence-electron chi connectivity index (χ3n) is 3.33. The number of hydrogen-bond acceptors (Lipinski definition) is 2. The molecule has 1 amide bonds. The SMILES string of the molecule is Cc1ccccc1CC(C)NC(=O)CCCNC(C)C. The van der Waals surface area contributed by atoms with Gasteiger partial charge in [-0.15, -0.1) is 0 Å². The molecule has 3 nitrogen and oxygen atoms in total. The van der Waals surface area contributed by atoms with Crippen molar-refractivity contribution in [1.29, 1.82) is 0 Å². The lowest BCUT2D eigenvalue weighted by atomic mass is 10.0. The van der Waals surface area contributed by atoms with Gasteiger partial charge in [0.25, 0.3) is 0 Å². The van der Waals surface area contributed by atoms with Crippen LogP contribution in [0.5, 0.6) is 0 Å². The predicted molar refractivity (Wildman–Crippen MR) is 84.9 cm³/mol. The Morgan fingerprint density at radius 3 is 2.55 bits per heavy atom. The number of benzene rings is 1. The average molecular weight is 276 g/mol. The highest BCUT2D eigenvalue weighted by Crippen LogP contribution is 2.09. The molecular weight excluding hydrogens is 248 g/mol. The van der Waals surface area contributed by atoms with Gasteiger partial charge in [-0.3, -0.25) is 4.79 Å². The summed E-state index contributed by atoms with van der Waals surface area (Å²) in [4.78, 5) is 11.8. The molecule has 0 fully saturated rings. The van der Waals surface area contributed by atoms with Crippen LogP contribution in [-0.2, 0) is 11.2 Å². The maximum atomic E-state index is 11.8. The number of rotatable bonds is 8. The van der Waals surface area contributed by atoms with Gasteiger partial charge in [0.05, 0.1) is 0 Å². The molecular formula is C17H28N2O. The van der Waals surface area contributed by atoms with Crippen LogP contribution in [0.1, 0.15) is 44.7 Å². The van der Waals surface area contributed by atoms with Crippen LogP contribution in [0, 0.1) is 6.92 Å². The quantitative estimate of drug-likeness (QED) is 0.717. The lowest BCUT2D eigenvalue weighted by Gasteiger charge is -2.15. The van der Waals surface area contributed by atoms with Crippen LogP contribution < -0.4 is 10.6 Å². The van der Waals surface area contributed by atoms with Crippen molar-refractivity contribution in [3.63, 3.8) is 0 Å². The highest BCUT2D eigenvalue weighted by molar-refractivity contribution is 5.76. The van der Waals surface area contributed by atoms with E-state index < -0.39 is 0 Å². The minimum Gasteiger partial charge on any atom is -0.353 e. The van der Waals surface area contributed by atoms with Crippen molar-refractivity contribution in [3.05, 3.63) is 35.4 Å². The summed E-state index contributed by atoms with van der Waals surface area (Å²) < 4.78 is 0. The Morgan fingerprint density at radius 2 is 1.90 bits per heavy atom. The summed E-state index contributed by atoms with van der Waals surface area (Å²) in [6.45, 7) is 9.31. The van der Waals surface area contributed by atoms with E-state index in [9.17, 15) is 4.79 Å². The van der Waals surface area contributed by atoms with Crippen molar-refractivity contribution in [1.82, 2.24) is 10.6 Å². The molecule has 0 heterocycles. The Labute approximate surface area is 123 Å². The highest BCUT2D eigenvalue weighted by Gasteiger charge is 2.09. The van der Waals surface area contributed by atoms with Gasteiger partial charge in [-0.2, -0.15) is 0 Å². The molecule has 1 unspecified atom stereocenters. The third kappa shape index (κ3) is 6.71. The highest BCUT2D eigenvalue weighted by atomic mass is 16.1. The van der Waals surface area contributed by atoms with E-state index in [1.54, 1.807) is 0 Å². The van der Waals surface area contributed by atoms with Crippen molar-refractivity contribution < 1.29 is 4.79 Å². The van der Waals surface area contributed by atoms with Crippen molar-refractivity contribution >= 4 is 5.91 Å². The summed E-state index contributed by atoms with van der Waals surface area (Å²) >= 11 is 0. The molecule has 1 aromatic carbocycles. The topological polar surface area (TPSA) is 41.1 Å². The third-order valence-corrected chi connectivity index (χ3v) is 3.33. The largest absolute Gasteiger partial charge is 0.353 e. The molecule has 0 aliphatic carbocycles. The first-order chi connectivity index (χ1) is 9.49. The first-order valence-corrected chi connectivity index (χ1v) is 7.56. The number of carbonyl (C=O) groups is 1. The number of aryl methyl sites for hydroxylation is 1. The fourth-order valence-electron chi connectivity index (χ4n) is 2.21. The summed E-state index contributed by atoms with van der Waals surface area (Å²) in [6, 6.07) is 9.00. The van der Waals surface area contributed by atoms with Gasteiger partial charge >= 0.3 is 0 Å². The molecule has 0 aliphatic rings. The molecule has 1 atom stereocenters. The van der Waals surface area contributed by atoms with Crippen molar-refractivity contribution in [2.45, 2.75) is 59.0 Å². The van der Waals surface area contributed by atoms with E-state index in [0.29, 0.717) is 12.5 Å². The maximum Gasteiger partial charge on any atom is 0.220 e. The monoisotopic (exact) mass is 276 g/mol. The van der Waals surface area contributed by atoms with Gasteiger partial charge in [-0.1, -0.05) is 38.1 Å². The van der Waals surface area contributed by atoms with Crippen LogP contribution in [0.15, 0.2) is 24.3 Å². The van der Waals surface area contributed by atoms with Gasteiger partial charge in [0.15, 0.2) is 0 Å². The van der Waals surface area contributed by atoms with Crippen LogP contribution in [0.4, 0.5) is 0 Å². The molecule has 112 valence electrons. The Bertz CT molecular complexity index is 415. The lowest BCUT2D eigenvalue weighted by molar-refractivity contribution is -0.121. The van der Waals surface area contributed by atoms with E-state index in [0.717, 1.165) is 19.4 Å². The van der Waals surface area contributed by atoms with Gasteiger partial charge < -0.3 is 10.6 Å². The number of amides is 1. The molecule has 0 aromatic heterocycles. The Morgan fingerprint density at radius 1 is 1.20 bits per heavy atom. The summed E-state index contributed by atoms with van der Waals surface area (Å²) in [5.41, 5.74) is 2.59. The Balaban J connectivity index is 2.26. The van der Waals surface area contributed by atoms with Crippen LogP contribution in [0.25, 0.3) is 0 Å². The van der Waals surface area contributed by atoms with Crippen molar-refractivity contribution in [2.75, 3.05) is 6.54 Å². The standard InChI is InChI=1S/C17H28N2O/c1-13(2)18-11-7-10-17(20)19-15(4)12-16-9-6-5-8-14(16)3/h5-6,8-9,13,15,18H,7,10-12H2,1-4H3,(H,19,20). The molecule has 0 saturated heterocycles. The minimum atomic E-state index is 0.150. The Kier molecular flexibility index (Phi) is 7.31.